The van der Waals surface area contributed by atoms with Gasteiger partial charge in [0, 0.05) is 5.38 Å². The Hall–Kier alpha value is -1.89. The summed E-state index contributed by atoms with van der Waals surface area (Å²) >= 11 is 1.38. The monoisotopic (exact) mass is 285 g/mol. The molecule has 0 N–H and O–H groups in total. The maximum absolute atomic E-state index is 12.2. The number of esters is 2. The quantitative estimate of drug-likeness (QED) is 0.750. The molecule has 6 nitrogen and oxygen atoms in total. The highest BCUT2D eigenvalue weighted by atomic mass is 32.1. The summed E-state index contributed by atoms with van der Waals surface area (Å²) in [7, 11) is 2.44. The van der Waals surface area contributed by atoms with Crippen molar-refractivity contribution in [2.45, 2.75) is 6.92 Å². The molecule has 1 heterocycles. The maximum atomic E-state index is 12.2. The van der Waals surface area contributed by atoms with Crippen LogP contribution in [0.4, 0.5) is 0 Å². The van der Waals surface area contributed by atoms with Gasteiger partial charge < -0.3 is 14.4 Å². The van der Waals surface area contributed by atoms with Crippen molar-refractivity contribution in [3.05, 3.63) is 21.9 Å². The van der Waals surface area contributed by atoms with E-state index in [4.69, 9.17) is 0 Å². The van der Waals surface area contributed by atoms with E-state index in [9.17, 15) is 14.4 Å². The first-order valence-corrected chi connectivity index (χ1v) is 6.39. The van der Waals surface area contributed by atoms with Gasteiger partial charge in [-0.25, -0.2) is 0 Å². The molecule has 1 rings (SSSR count). The lowest BCUT2D eigenvalue weighted by molar-refractivity contribution is -0.144. The summed E-state index contributed by atoms with van der Waals surface area (Å²) in [5.74, 6) is -1.58. The molecule has 19 heavy (non-hydrogen) atoms. The molecule has 0 saturated carbocycles. The van der Waals surface area contributed by atoms with Gasteiger partial charge in [0.2, 0.25) is 0 Å². The van der Waals surface area contributed by atoms with E-state index in [1.54, 1.807) is 12.3 Å². The number of nitrogens with zero attached hydrogens (tertiary/aromatic N) is 1. The van der Waals surface area contributed by atoms with Gasteiger partial charge in [0.05, 0.1) is 19.8 Å². The Morgan fingerprint density at radius 1 is 1.11 bits per heavy atom. The van der Waals surface area contributed by atoms with Crippen LogP contribution in [-0.2, 0) is 19.1 Å². The summed E-state index contributed by atoms with van der Waals surface area (Å²) in [5, 5.41) is 3.50. The Bertz CT molecular complexity index is 464. The first-order chi connectivity index (χ1) is 8.99. The maximum Gasteiger partial charge on any atom is 0.325 e. The second kappa shape index (κ2) is 6.89. The van der Waals surface area contributed by atoms with Crippen molar-refractivity contribution >= 4 is 29.2 Å². The van der Waals surface area contributed by atoms with E-state index in [-0.39, 0.29) is 13.1 Å². The second-order valence-electron chi connectivity index (χ2n) is 3.78. The molecule has 1 aromatic heterocycles. The average molecular weight is 285 g/mol. The number of ether oxygens (including phenoxy) is 2. The van der Waals surface area contributed by atoms with Crippen LogP contribution >= 0.6 is 11.3 Å². The van der Waals surface area contributed by atoms with E-state index >= 15 is 0 Å². The Kier molecular flexibility index (Phi) is 5.50. The van der Waals surface area contributed by atoms with Crippen molar-refractivity contribution in [1.29, 1.82) is 0 Å². The second-order valence-corrected chi connectivity index (χ2v) is 4.53. The Morgan fingerprint density at radius 3 is 2.00 bits per heavy atom. The number of hydrogen-bond donors (Lipinski definition) is 0. The molecule has 0 spiro atoms. The van der Waals surface area contributed by atoms with Crippen LogP contribution in [0.2, 0.25) is 0 Å². The molecule has 1 amide bonds. The molecule has 104 valence electrons. The Balaban J connectivity index is 2.89. The SMILES string of the molecule is COC(=O)CN(CC(=O)OC)C(=O)c1cscc1C. The van der Waals surface area contributed by atoms with Gasteiger partial charge in [-0.1, -0.05) is 0 Å². The Morgan fingerprint density at radius 2 is 1.63 bits per heavy atom. The van der Waals surface area contributed by atoms with Gasteiger partial charge in [0.25, 0.3) is 5.91 Å². The normalized spacial score (nSPS) is 9.84. The van der Waals surface area contributed by atoms with Crippen LogP contribution in [0, 0.1) is 6.92 Å². The Labute approximate surface area is 114 Å². The number of methoxy groups -OCH3 is 2. The predicted octanol–water partition coefficient (Wildman–Crippen LogP) is 0.845. The van der Waals surface area contributed by atoms with Crippen LogP contribution in [0.3, 0.4) is 0 Å². The fourth-order valence-corrected chi connectivity index (χ4v) is 2.21. The summed E-state index contributed by atoms with van der Waals surface area (Å²) in [5.41, 5.74) is 1.27. The minimum absolute atomic E-state index is 0.292. The fraction of sp³-hybridized carbons (Fsp3) is 0.417. The molecule has 0 bridgehead atoms. The molecule has 0 aliphatic rings. The highest BCUT2D eigenvalue weighted by Gasteiger charge is 2.23. The van der Waals surface area contributed by atoms with Crippen LogP contribution in [0.25, 0.3) is 0 Å². The summed E-state index contributed by atoms with van der Waals surface area (Å²) in [6.45, 7) is 1.21. The lowest BCUT2D eigenvalue weighted by atomic mass is 10.2. The minimum atomic E-state index is -0.592. The van der Waals surface area contributed by atoms with E-state index in [0.29, 0.717) is 5.56 Å². The first kappa shape index (κ1) is 15.2. The third-order valence-electron chi connectivity index (χ3n) is 2.47. The zero-order chi connectivity index (χ0) is 14.4. The van der Waals surface area contributed by atoms with Crippen molar-refractivity contribution in [2.75, 3.05) is 27.3 Å². The molecule has 0 atom stereocenters. The molecular formula is C12H15NO5S. The van der Waals surface area contributed by atoms with Crippen molar-refractivity contribution in [3.63, 3.8) is 0 Å². The molecule has 0 fully saturated rings. The smallest absolute Gasteiger partial charge is 0.325 e. The van der Waals surface area contributed by atoms with Crippen molar-refractivity contribution in [1.82, 2.24) is 4.90 Å². The lowest BCUT2D eigenvalue weighted by Crippen LogP contribution is -2.40. The lowest BCUT2D eigenvalue weighted by Gasteiger charge is -2.20. The number of aryl methyl sites for hydroxylation is 1. The summed E-state index contributed by atoms with van der Waals surface area (Å²) in [4.78, 5) is 35.9. The topological polar surface area (TPSA) is 72.9 Å². The van der Waals surface area contributed by atoms with E-state index in [0.717, 1.165) is 10.5 Å². The van der Waals surface area contributed by atoms with Gasteiger partial charge in [0.15, 0.2) is 0 Å². The number of carbonyl (C=O) groups is 3. The van der Waals surface area contributed by atoms with E-state index in [1.807, 2.05) is 5.38 Å². The highest BCUT2D eigenvalue weighted by molar-refractivity contribution is 7.08. The van der Waals surface area contributed by atoms with E-state index in [1.165, 1.54) is 25.6 Å². The number of carbonyl (C=O) groups excluding carboxylic acids is 3. The van der Waals surface area contributed by atoms with Gasteiger partial charge in [-0.3, -0.25) is 14.4 Å². The van der Waals surface area contributed by atoms with Crippen LogP contribution in [0.15, 0.2) is 10.8 Å². The van der Waals surface area contributed by atoms with E-state index in [2.05, 4.69) is 9.47 Å². The zero-order valence-electron chi connectivity index (χ0n) is 11.0. The van der Waals surface area contributed by atoms with Crippen molar-refractivity contribution in [3.8, 4) is 0 Å². The predicted molar refractivity (Wildman–Crippen MR) is 69.0 cm³/mol. The van der Waals surface area contributed by atoms with Crippen molar-refractivity contribution in [2.24, 2.45) is 0 Å². The van der Waals surface area contributed by atoms with Gasteiger partial charge in [-0.2, -0.15) is 11.3 Å². The minimum Gasteiger partial charge on any atom is -0.468 e. The third-order valence-corrected chi connectivity index (χ3v) is 3.33. The number of thiophene rings is 1. The van der Waals surface area contributed by atoms with Gasteiger partial charge in [0.1, 0.15) is 13.1 Å². The summed E-state index contributed by atoms with van der Waals surface area (Å²) in [6, 6.07) is 0. The molecule has 0 aromatic carbocycles. The summed E-state index contributed by atoms with van der Waals surface area (Å²) < 4.78 is 9.02. The van der Waals surface area contributed by atoms with Gasteiger partial charge in [-0.15, -0.1) is 0 Å². The number of amides is 1. The molecule has 0 unspecified atom stereocenters. The molecule has 1 aromatic rings. The van der Waals surface area contributed by atoms with Crippen LogP contribution in [0.1, 0.15) is 15.9 Å². The number of hydrogen-bond acceptors (Lipinski definition) is 6. The largest absolute Gasteiger partial charge is 0.468 e. The van der Waals surface area contributed by atoms with Crippen LogP contribution < -0.4 is 0 Å². The summed E-state index contributed by atoms with van der Waals surface area (Å²) in [6.07, 6.45) is 0. The standard InChI is InChI=1S/C12H15NO5S/c1-8-6-19-7-9(8)12(16)13(4-10(14)17-2)5-11(15)18-3/h6-7H,4-5H2,1-3H3. The molecule has 0 aliphatic carbocycles. The van der Waals surface area contributed by atoms with E-state index < -0.39 is 17.8 Å². The molecule has 0 saturated heterocycles. The van der Waals surface area contributed by atoms with Crippen LogP contribution in [-0.4, -0.2) is 50.1 Å². The van der Waals surface area contributed by atoms with Crippen molar-refractivity contribution < 1.29 is 23.9 Å². The molecule has 7 heteroatoms. The van der Waals surface area contributed by atoms with Gasteiger partial charge in [-0.05, 0) is 17.9 Å². The van der Waals surface area contributed by atoms with Gasteiger partial charge >= 0.3 is 11.9 Å². The zero-order valence-corrected chi connectivity index (χ0v) is 11.8. The third kappa shape index (κ3) is 4.06. The van der Waals surface area contributed by atoms with Crippen LogP contribution in [0.5, 0.6) is 0 Å². The average Bonchev–Trinajstić information content (AvgIpc) is 2.82. The highest BCUT2D eigenvalue weighted by Crippen LogP contribution is 2.16. The molecule has 0 aliphatic heterocycles. The molecular weight excluding hydrogens is 270 g/mol. The molecule has 0 radical (unpaired) electrons. The fourth-order valence-electron chi connectivity index (χ4n) is 1.39. The number of rotatable bonds is 5. The first-order valence-electron chi connectivity index (χ1n) is 5.45.